The molecule has 0 spiro atoms. The number of hydrogen-bond donors (Lipinski definition) is 0. The maximum absolute atomic E-state index is 13.9. The molecule has 4 aromatic rings. The lowest BCUT2D eigenvalue weighted by Crippen LogP contribution is -2.54. The van der Waals surface area contributed by atoms with Crippen molar-refractivity contribution in [3.8, 4) is 34.5 Å². The zero-order chi connectivity index (χ0) is 30.4. The molecule has 0 radical (unpaired) electrons. The molecule has 0 aliphatic carbocycles. The third-order valence-corrected chi connectivity index (χ3v) is 6.82. The van der Waals surface area contributed by atoms with Gasteiger partial charge in [-0.15, -0.1) is 0 Å². The summed E-state index contributed by atoms with van der Waals surface area (Å²) in [7, 11) is 8.87. The van der Waals surface area contributed by atoms with Gasteiger partial charge in [-0.3, -0.25) is 0 Å². The first kappa shape index (κ1) is 29.8. The smallest absolute Gasteiger partial charge is 0.336 e. The highest BCUT2D eigenvalue weighted by molar-refractivity contribution is 5.48. The third kappa shape index (κ3) is 5.55. The van der Waals surface area contributed by atoms with Crippen molar-refractivity contribution in [3.63, 3.8) is 0 Å². The van der Waals surface area contributed by atoms with Crippen molar-refractivity contribution < 1.29 is 28.4 Å². The van der Waals surface area contributed by atoms with Crippen molar-refractivity contribution in [1.29, 1.82) is 0 Å². The molecule has 4 rings (SSSR count). The molecule has 0 aliphatic heterocycles. The minimum atomic E-state index is -0.811. The van der Waals surface area contributed by atoms with Crippen LogP contribution in [0.25, 0.3) is 0 Å². The molecule has 0 fully saturated rings. The normalized spacial score (nSPS) is 10.7. The highest BCUT2D eigenvalue weighted by atomic mass is 16.5. The van der Waals surface area contributed by atoms with E-state index in [0.717, 1.165) is 13.7 Å². The first-order valence-corrected chi connectivity index (χ1v) is 12.9. The van der Waals surface area contributed by atoms with E-state index in [-0.39, 0.29) is 19.6 Å². The van der Waals surface area contributed by atoms with Crippen molar-refractivity contribution in [1.82, 2.24) is 13.7 Å². The predicted molar refractivity (Wildman–Crippen MR) is 155 cm³/mol. The van der Waals surface area contributed by atoms with Gasteiger partial charge in [0, 0.05) is 16.7 Å². The Morgan fingerprint density at radius 3 is 0.905 bits per heavy atom. The van der Waals surface area contributed by atoms with Gasteiger partial charge in [0.15, 0.2) is 34.5 Å². The molecule has 12 nitrogen and oxygen atoms in total. The van der Waals surface area contributed by atoms with Gasteiger partial charge in [0.1, 0.15) is 0 Å². The number of aromatic nitrogens is 3. The van der Waals surface area contributed by atoms with E-state index in [0.29, 0.717) is 51.2 Å². The Morgan fingerprint density at radius 2 is 0.690 bits per heavy atom. The summed E-state index contributed by atoms with van der Waals surface area (Å²) in [5.41, 5.74) is -0.919. The van der Waals surface area contributed by atoms with Crippen LogP contribution in [0.2, 0.25) is 0 Å². The van der Waals surface area contributed by atoms with Crippen LogP contribution in [0.15, 0.2) is 69.0 Å². The van der Waals surface area contributed by atoms with E-state index in [1.54, 1.807) is 54.6 Å². The van der Waals surface area contributed by atoms with E-state index in [1.807, 2.05) is 0 Å². The van der Waals surface area contributed by atoms with E-state index >= 15 is 0 Å². The average molecular weight is 580 g/mol. The second-order valence-corrected chi connectivity index (χ2v) is 9.06. The SMILES string of the molecule is COc1cccc(Cn2c(=O)n(Cc3cccc(OC)c3OC)c(=O)n(Cc3cccc(OC)c3OC)c2=O)c1OC. The van der Waals surface area contributed by atoms with Gasteiger partial charge in [-0.05, 0) is 18.2 Å². The summed E-state index contributed by atoms with van der Waals surface area (Å²) >= 11 is 0. The molecule has 0 aliphatic rings. The molecule has 0 saturated carbocycles. The lowest BCUT2D eigenvalue weighted by Gasteiger charge is -2.18. The minimum Gasteiger partial charge on any atom is -0.493 e. The van der Waals surface area contributed by atoms with Gasteiger partial charge in [0.05, 0.1) is 62.3 Å². The number of nitrogens with zero attached hydrogens (tertiary/aromatic N) is 3. The summed E-state index contributed by atoms with van der Waals surface area (Å²) in [6.07, 6.45) is 0. The topological polar surface area (TPSA) is 121 Å². The molecule has 222 valence electrons. The Kier molecular flexibility index (Phi) is 9.25. The number of hydrogen-bond acceptors (Lipinski definition) is 9. The summed E-state index contributed by atoms with van der Waals surface area (Å²) < 4.78 is 35.7. The van der Waals surface area contributed by atoms with Crippen LogP contribution in [0.4, 0.5) is 0 Å². The van der Waals surface area contributed by atoms with Crippen LogP contribution in [0, 0.1) is 0 Å². The Balaban J connectivity index is 1.97. The fourth-order valence-corrected chi connectivity index (χ4v) is 4.83. The van der Waals surface area contributed by atoms with Crippen LogP contribution in [-0.4, -0.2) is 56.4 Å². The molecule has 42 heavy (non-hydrogen) atoms. The van der Waals surface area contributed by atoms with Crippen LogP contribution in [0.3, 0.4) is 0 Å². The highest BCUT2D eigenvalue weighted by Gasteiger charge is 2.22. The maximum atomic E-state index is 13.9. The number of benzene rings is 3. The van der Waals surface area contributed by atoms with Crippen molar-refractivity contribution >= 4 is 0 Å². The molecule has 0 amide bonds. The standard InChI is InChI=1S/C30H33N3O9/c1-37-22-13-7-10-19(25(22)40-4)16-31-28(34)32(17-20-11-8-14-23(38-2)26(20)41-5)30(36)33(29(31)35)18-21-12-9-15-24(39-3)27(21)42-6/h7-15H,16-18H2,1-6H3. The summed E-state index contributed by atoms with van der Waals surface area (Å²) in [6.45, 7) is -0.575. The monoisotopic (exact) mass is 579 g/mol. The number of ether oxygens (including phenoxy) is 6. The minimum absolute atomic E-state index is 0.192. The zero-order valence-corrected chi connectivity index (χ0v) is 24.3. The molecule has 1 aromatic heterocycles. The molecule has 12 heteroatoms. The van der Waals surface area contributed by atoms with Gasteiger partial charge in [0.2, 0.25) is 0 Å². The summed E-state index contributed by atoms with van der Waals surface area (Å²) in [4.78, 5) is 41.6. The highest BCUT2D eigenvalue weighted by Crippen LogP contribution is 2.33. The second-order valence-electron chi connectivity index (χ2n) is 9.06. The third-order valence-electron chi connectivity index (χ3n) is 6.82. The molecule has 0 unspecified atom stereocenters. The molecule has 0 atom stereocenters. The van der Waals surface area contributed by atoms with E-state index in [2.05, 4.69) is 0 Å². The first-order valence-electron chi connectivity index (χ1n) is 12.9. The van der Waals surface area contributed by atoms with Crippen LogP contribution in [-0.2, 0) is 19.6 Å². The van der Waals surface area contributed by atoms with Gasteiger partial charge >= 0.3 is 17.1 Å². The number of para-hydroxylation sites is 3. The van der Waals surface area contributed by atoms with E-state index < -0.39 is 17.1 Å². The van der Waals surface area contributed by atoms with Crippen LogP contribution in [0.5, 0.6) is 34.5 Å². The van der Waals surface area contributed by atoms with Gasteiger partial charge in [-0.1, -0.05) is 36.4 Å². The number of rotatable bonds is 12. The molecular formula is C30H33N3O9. The van der Waals surface area contributed by atoms with Crippen molar-refractivity contribution in [2.45, 2.75) is 19.6 Å². The first-order chi connectivity index (χ1) is 20.3. The maximum Gasteiger partial charge on any atom is 0.336 e. The lowest BCUT2D eigenvalue weighted by atomic mass is 10.1. The molecular weight excluding hydrogens is 546 g/mol. The van der Waals surface area contributed by atoms with E-state index in [4.69, 9.17) is 28.4 Å². The summed E-state index contributed by atoms with van der Waals surface area (Å²) in [6, 6.07) is 15.4. The molecule has 0 bridgehead atoms. The quantitative estimate of drug-likeness (QED) is 0.249. The van der Waals surface area contributed by atoms with E-state index in [1.165, 1.54) is 42.7 Å². The largest absolute Gasteiger partial charge is 0.493 e. The Morgan fingerprint density at radius 1 is 0.429 bits per heavy atom. The average Bonchev–Trinajstić information content (AvgIpc) is 3.02. The summed E-state index contributed by atoms with van der Waals surface area (Å²) in [5.74, 6) is 2.37. The Hall–Kier alpha value is -5.13. The second kappa shape index (κ2) is 13.0. The van der Waals surface area contributed by atoms with Gasteiger partial charge < -0.3 is 28.4 Å². The van der Waals surface area contributed by atoms with Gasteiger partial charge in [-0.25, -0.2) is 28.1 Å². The Bertz CT molecular complexity index is 1520. The molecule has 3 aromatic carbocycles. The fraction of sp³-hybridized carbons (Fsp3) is 0.300. The molecule has 1 heterocycles. The molecule has 0 saturated heterocycles. The van der Waals surface area contributed by atoms with Crippen LogP contribution < -0.4 is 45.5 Å². The lowest BCUT2D eigenvalue weighted by molar-refractivity contribution is 0.347. The number of methoxy groups -OCH3 is 6. The zero-order valence-electron chi connectivity index (χ0n) is 24.3. The fourth-order valence-electron chi connectivity index (χ4n) is 4.83. The Labute approximate surface area is 241 Å². The van der Waals surface area contributed by atoms with Gasteiger partial charge in [-0.2, -0.15) is 0 Å². The van der Waals surface area contributed by atoms with Crippen molar-refractivity contribution in [2.24, 2.45) is 0 Å². The van der Waals surface area contributed by atoms with Crippen LogP contribution >= 0.6 is 0 Å². The van der Waals surface area contributed by atoms with E-state index in [9.17, 15) is 14.4 Å². The van der Waals surface area contributed by atoms with Gasteiger partial charge in [0.25, 0.3) is 0 Å². The predicted octanol–water partition coefficient (Wildman–Crippen LogP) is 2.37. The van der Waals surface area contributed by atoms with Crippen LogP contribution in [0.1, 0.15) is 16.7 Å². The van der Waals surface area contributed by atoms with Crippen molar-refractivity contribution in [3.05, 3.63) is 103 Å². The summed E-state index contributed by atoms with van der Waals surface area (Å²) in [5, 5.41) is 0. The van der Waals surface area contributed by atoms with Crippen molar-refractivity contribution in [2.75, 3.05) is 42.7 Å². The molecule has 0 N–H and O–H groups in total.